The third-order valence-corrected chi connectivity index (χ3v) is 4.45. The van der Waals surface area contributed by atoms with Gasteiger partial charge >= 0.3 is 5.97 Å². The van der Waals surface area contributed by atoms with Gasteiger partial charge in [-0.2, -0.15) is 4.37 Å². The van der Waals surface area contributed by atoms with Gasteiger partial charge in [0, 0.05) is 50.2 Å². The van der Waals surface area contributed by atoms with Crippen molar-refractivity contribution in [1.29, 1.82) is 0 Å². The van der Waals surface area contributed by atoms with E-state index in [1.165, 1.54) is 24.4 Å². The molecule has 1 saturated carbocycles. The van der Waals surface area contributed by atoms with E-state index in [-0.39, 0.29) is 6.42 Å². The number of nitrogens with zero attached hydrogens (tertiary/aromatic N) is 4. The van der Waals surface area contributed by atoms with Crippen LogP contribution < -0.4 is 4.90 Å². The van der Waals surface area contributed by atoms with Crippen molar-refractivity contribution in [1.82, 2.24) is 14.3 Å². The summed E-state index contributed by atoms with van der Waals surface area (Å²) in [6.45, 7) is 4.29. The van der Waals surface area contributed by atoms with Gasteiger partial charge in [0.05, 0.1) is 6.42 Å². The zero-order valence-electron chi connectivity index (χ0n) is 10.8. The number of carbonyl (C=O) groups is 1. The molecule has 1 aliphatic heterocycles. The molecule has 1 N–H and O–H groups in total. The Kier molecular flexibility index (Phi) is 3.65. The molecule has 2 heterocycles. The number of piperazine rings is 1. The smallest absolute Gasteiger partial charge is 0.304 e. The van der Waals surface area contributed by atoms with Crippen molar-refractivity contribution in [2.45, 2.75) is 25.2 Å². The maximum atomic E-state index is 10.5. The molecule has 19 heavy (non-hydrogen) atoms. The van der Waals surface area contributed by atoms with Crippen molar-refractivity contribution < 1.29 is 9.90 Å². The van der Waals surface area contributed by atoms with Gasteiger partial charge in [-0.05, 0) is 12.8 Å². The lowest BCUT2D eigenvalue weighted by molar-refractivity contribution is -0.137. The van der Waals surface area contributed by atoms with Gasteiger partial charge in [-0.1, -0.05) is 0 Å². The van der Waals surface area contributed by atoms with Crippen molar-refractivity contribution in [2.24, 2.45) is 0 Å². The van der Waals surface area contributed by atoms with Crippen molar-refractivity contribution in [2.75, 3.05) is 37.6 Å². The molecule has 1 saturated heterocycles. The van der Waals surface area contributed by atoms with Crippen molar-refractivity contribution in [3.63, 3.8) is 0 Å². The van der Waals surface area contributed by atoms with E-state index in [1.54, 1.807) is 0 Å². The molecule has 1 aromatic heterocycles. The molecule has 0 bridgehead atoms. The van der Waals surface area contributed by atoms with Gasteiger partial charge in [0.1, 0.15) is 5.82 Å². The Bertz CT molecular complexity index is 452. The first-order valence-corrected chi connectivity index (χ1v) is 7.52. The van der Waals surface area contributed by atoms with E-state index in [0.29, 0.717) is 12.5 Å². The van der Waals surface area contributed by atoms with Crippen LogP contribution in [0.25, 0.3) is 0 Å². The SMILES string of the molecule is O=C(O)CCN1CCN(c2nc(C3CC3)ns2)CC1. The van der Waals surface area contributed by atoms with Gasteiger partial charge in [0.15, 0.2) is 0 Å². The zero-order chi connectivity index (χ0) is 13.2. The summed E-state index contributed by atoms with van der Waals surface area (Å²) >= 11 is 1.50. The Balaban J connectivity index is 1.50. The minimum atomic E-state index is -0.722. The molecule has 6 nitrogen and oxygen atoms in total. The van der Waals surface area contributed by atoms with Gasteiger partial charge in [0.2, 0.25) is 5.13 Å². The van der Waals surface area contributed by atoms with Crippen LogP contribution in [0.3, 0.4) is 0 Å². The Morgan fingerprint density at radius 1 is 1.32 bits per heavy atom. The molecule has 0 radical (unpaired) electrons. The molecule has 0 amide bonds. The molecule has 1 aromatic rings. The van der Waals surface area contributed by atoms with E-state index < -0.39 is 5.97 Å². The fourth-order valence-electron chi connectivity index (χ4n) is 2.28. The predicted molar refractivity (Wildman–Crippen MR) is 72.8 cm³/mol. The summed E-state index contributed by atoms with van der Waals surface area (Å²) in [5.74, 6) is 0.913. The van der Waals surface area contributed by atoms with Gasteiger partial charge < -0.3 is 10.0 Å². The number of carboxylic acids is 1. The molecule has 0 atom stereocenters. The molecule has 2 fully saturated rings. The van der Waals surface area contributed by atoms with Crippen LogP contribution in [-0.4, -0.2) is 58.1 Å². The van der Waals surface area contributed by atoms with E-state index in [2.05, 4.69) is 19.2 Å². The van der Waals surface area contributed by atoms with Gasteiger partial charge in [0.25, 0.3) is 0 Å². The topological polar surface area (TPSA) is 69.6 Å². The molecule has 0 aromatic carbocycles. The highest BCUT2D eigenvalue weighted by Crippen LogP contribution is 2.39. The summed E-state index contributed by atoms with van der Waals surface area (Å²) in [7, 11) is 0. The number of aliphatic carboxylic acids is 1. The average molecular weight is 282 g/mol. The molecule has 1 aliphatic carbocycles. The third-order valence-electron chi connectivity index (χ3n) is 3.66. The second-order valence-electron chi connectivity index (χ2n) is 5.18. The molecule has 0 spiro atoms. The van der Waals surface area contributed by atoms with E-state index in [0.717, 1.165) is 37.1 Å². The highest BCUT2D eigenvalue weighted by atomic mass is 32.1. The van der Waals surface area contributed by atoms with Crippen LogP contribution in [0.2, 0.25) is 0 Å². The second-order valence-corrected chi connectivity index (χ2v) is 5.91. The molecule has 2 aliphatic rings. The minimum absolute atomic E-state index is 0.227. The number of aromatic nitrogens is 2. The highest BCUT2D eigenvalue weighted by molar-refractivity contribution is 7.09. The summed E-state index contributed by atoms with van der Waals surface area (Å²) in [6, 6.07) is 0. The minimum Gasteiger partial charge on any atom is -0.481 e. The van der Waals surface area contributed by atoms with E-state index in [1.807, 2.05) is 0 Å². The number of hydrogen-bond acceptors (Lipinski definition) is 6. The standard InChI is InChI=1S/C12H18N4O2S/c17-10(18)3-4-15-5-7-16(8-6-15)12-13-11(14-19-12)9-1-2-9/h9H,1-8H2,(H,17,18). The fourth-order valence-corrected chi connectivity index (χ4v) is 3.08. The van der Waals surface area contributed by atoms with E-state index >= 15 is 0 Å². The fraction of sp³-hybridized carbons (Fsp3) is 0.750. The molecule has 0 unspecified atom stereocenters. The summed E-state index contributed by atoms with van der Waals surface area (Å²) in [5, 5.41) is 9.71. The quantitative estimate of drug-likeness (QED) is 0.869. The van der Waals surface area contributed by atoms with Gasteiger partial charge in [-0.15, -0.1) is 0 Å². The Labute approximate surface area is 116 Å². The third kappa shape index (κ3) is 3.22. The summed E-state index contributed by atoms with van der Waals surface area (Å²) in [5.41, 5.74) is 0. The lowest BCUT2D eigenvalue weighted by Gasteiger charge is -2.33. The van der Waals surface area contributed by atoms with Gasteiger partial charge in [-0.25, -0.2) is 4.98 Å². The van der Waals surface area contributed by atoms with Crippen molar-refractivity contribution >= 4 is 22.6 Å². The molecular formula is C12H18N4O2S. The first-order chi connectivity index (χ1) is 9.22. The number of rotatable bonds is 5. The lowest BCUT2D eigenvalue weighted by Crippen LogP contribution is -2.46. The Morgan fingerprint density at radius 3 is 2.68 bits per heavy atom. The largest absolute Gasteiger partial charge is 0.481 e. The Hall–Kier alpha value is -1.21. The van der Waals surface area contributed by atoms with Crippen LogP contribution in [0.15, 0.2) is 0 Å². The molecule has 104 valence electrons. The number of anilines is 1. The first-order valence-electron chi connectivity index (χ1n) is 6.75. The van der Waals surface area contributed by atoms with Crippen molar-refractivity contribution in [3.05, 3.63) is 5.82 Å². The first kappa shape index (κ1) is 12.8. The summed E-state index contributed by atoms with van der Waals surface area (Å²) < 4.78 is 4.43. The highest BCUT2D eigenvalue weighted by Gasteiger charge is 2.29. The zero-order valence-corrected chi connectivity index (χ0v) is 11.6. The molecule has 3 rings (SSSR count). The lowest BCUT2D eigenvalue weighted by atomic mass is 10.3. The maximum Gasteiger partial charge on any atom is 0.304 e. The van der Waals surface area contributed by atoms with Crippen LogP contribution in [-0.2, 0) is 4.79 Å². The van der Waals surface area contributed by atoms with E-state index in [9.17, 15) is 4.79 Å². The van der Waals surface area contributed by atoms with Crippen LogP contribution in [0, 0.1) is 0 Å². The van der Waals surface area contributed by atoms with Crippen LogP contribution in [0.5, 0.6) is 0 Å². The number of carboxylic acid groups (broad SMARTS) is 1. The molecular weight excluding hydrogens is 264 g/mol. The monoisotopic (exact) mass is 282 g/mol. The van der Waals surface area contributed by atoms with E-state index in [4.69, 9.17) is 5.11 Å². The second kappa shape index (κ2) is 5.42. The molecule has 7 heteroatoms. The maximum absolute atomic E-state index is 10.5. The van der Waals surface area contributed by atoms with Gasteiger partial charge in [-0.3, -0.25) is 9.69 Å². The van der Waals surface area contributed by atoms with Crippen LogP contribution >= 0.6 is 11.5 Å². The summed E-state index contributed by atoms with van der Waals surface area (Å²) in [4.78, 5) is 19.6. The Morgan fingerprint density at radius 2 is 2.05 bits per heavy atom. The predicted octanol–water partition coefficient (Wildman–Crippen LogP) is 1.01. The summed E-state index contributed by atoms with van der Waals surface area (Å²) in [6.07, 6.45) is 2.70. The van der Waals surface area contributed by atoms with Crippen LogP contribution in [0.1, 0.15) is 31.0 Å². The number of hydrogen-bond donors (Lipinski definition) is 1. The van der Waals surface area contributed by atoms with Crippen molar-refractivity contribution in [3.8, 4) is 0 Å². The van der Waals surface area contributed by atoms with Crippen LogP contribution in [0.4, 0.5) is 5.13 Å². The average Bonchev–Trinajstić information content (AvgIpc) is 3.15. The normalized spacial score (nSPS) is 20.7.